The number of pyridine rings is 2. The zero-order valence-corrected chi connectivity index (χ0v) is 24.0. The molecule has 4 rings (SSSR count). The fourth-order valence-electron chi connectivity index (χ4n) is 4.48. The number of amides is 1. The second-order valence-corrected chi connectivity index (χ2v) is 10.1. The number of methoxy groups -OCH3 is 3. The summed E-state index contributed by atoms with van der Waals surface area (Å²) in [5.41, 5.74) is 9.25. The molecule has 3 N–H and O–H groups in total. The SMILES string of the molecule is CCC(Sc1nc(N)c(C#N)c(-c2cc(OC)c(OC)c(OC)c2)c1C#N)C(=O)Nc1cc(C)nc2ccccc12. The first-order valence-corrected chi connectivity index (χ1v) is 13.5. The molecule has 10 nitrogen and oxygen atoms in total. The van der Waals surface area contributed by atoms with Gasteiger partial charge in [0.2, 0.25) is 11.7 Å². The summed E-state index contributed by atoms with van der Waals surface area (Å²) in [6.45, 7) is 3.73. The van der Waals surface area contributed by atoms with Gasteiger partial charge >= 0.3 is 0 Å². The van der Waals surface area contributed by atoms with Crippen LogP contribution >= 0.6 is 11.8 Å². The third-order valence-electron chi connectivity index (χ3n) is 6.39. The molecular formula is C30H28N6O4S. The molecule has 1 unspecified atom stereocenters. The van der Waals surface area contributed by atoms with E-state index in [1.807, 2.05) is 44.2 Å². The van der Waals surface area contributed by atoms with Gasteiger partial charge in [0.05, 0.1) is 43.3 Å². The molecule has 2 aromatic heterocycles. The lowest BCUT2D eigenvalue weighted by molar-refractivity contribution is -0.115. The predicted molar refractivity (Wildman–Crippen MR) is 158 cm³/mol. The third kappa shape index (κ3) is 5.67. The number of nitrogens with one attached hydrogen (secondary N) is 1. The van der Waals surface area contributed by atoms with E-state index in [-0.39, 0.29) is 33.4 Å². The smallest absolute Gasteiger partial charge is 0.237 e. The molecule has 208 valence electrons. The number of nitrogens with two attached hydrogens (primary N) is 1. The Morgan fingerprint density at radius 2 is 1.68 bits per heavy atom. The van der Waals surface area contributed by atoms with Crippen LogP contribution in [0, 0.1) is 29.6 Å². The highest BCUT2D eigenvalue weighted by Crippen LogP contribution is 2.45. The molecule has 0 fully saturated rings. The number of benzene rings is 2. The molecule has 1 amide bonds. The Hall–Kier alpha value is -5.00. The van der Waals surface area contributed by atoms with E-state index in [0.717, 1.165) is 28.4 Å². The van der Waals surface area contributed by atoms with Crippen molar-refractivity contribution in [1.82, 2.24) is 9.97 Å². The van der Waals surface area contributed by atoms with E-state index in [2.05, 4.69) is 27.4 Å². The van der Waals surface area contributed by atoms with Gasteiger partial charge in [0.25, 0.3) is 0 Å². The summed E-state index contributed by atoms with van der Waals surface area (Å²) >= 11 is 1.11. The maximum Gasteiger partial charge on any atom is 0.237 e. The van der Waals surface area contributed by atoms with Crippen LogP contribution in [0.2, 0.25) is 0 Å². The second-order valence-electron chi connectivity index (χ2n) is 8.90. The Kier molecular flexibility index (Phi) is 8.81. The number of anilines is 2. The van der Waals surface area contributed by atoms with Gasteiger partial charge in [-0.15, -0.1) is 0 Å². The number of carbonyl (C=O) groups excluding carboxylic acids is 1. The average molecular weight is 569 g/mol. The molecule has 0 bridgehead atoms. The summed E-state index contributed by atoms with van der Waals surface area (Å²) in [5.74, 6) is 0.698. The number of fused-ring (bicyclic) bond motifs is 1. The Labute approximate surface area is 242 Å². The first kappa shape index (κ1) is 29.0. The van der Waals surface area contributed by atoms with Gasteiger partial charge in [-0.2, -0.15) is 10.5 Å². The lowest BCUT2D eigenvalue weighted by atomic mass is 9.96. The van der Waals surface area contributed by atoms with Crippen LogP contribution in [-0.4, -0.2) is 42.5 Å². The van der Waals surface area contributed by atoms with Crippen LogP contribution in [0.15, 0.2) is 47.5 Å². The number of nitrogen functional groups attached to an aromatic ring is 1. The first-order chi connectivity index (χ1) is 19.8. The molecule has 2 aromatic carbocycles. The molecule has 0 aliphatic heterocycles. The summed E-state index contributed by atoms with van der Waals surface area (Å²) in [6.07, 6.45) is 0.435. The predicted octanol–water partition coefficient (Wildman–Crippen LogP) is 5.47. The highest BCUT2D eigenvalue weighted by atomic mass is 32.2. The molecule has 11 heteroatoms. The number of hydrogen-bond acceptors (Lipinski definition) is 10. The number of aromatic nitrogens is 2. The van der Waals surface area contributed by atoms with Crippen LogP contribution in [0.4, 0.5) is 11.5 Å². The minimum atomic E-state index is -0.623. The van der Waals surface area contributed by atoms with E-state index < -0.39 is 5.25 Å². The second kappa shape index (κ2) is 12.5. The zero-order chi connectivity index (χ0) is 29.7. The number of nitrogens with zero attached hydrogens (tertiary/aromatic N) is 4. The Morgan fingerprint density at radius 1 is 1.02 bits per heavy atom. The van der Waals surface area contributed by atoms with Crippen molar-refractivity contribution >= 4 is 40.1 Å². The minimum absolute atomic E-state index is 0.0244. The van der Waals surface area contributed by atoms with E-state index in [0.29, 0.717) is 34.9 Å². The van der Waals surface area contributed by atoms with Crippen molar-refractivity contribution in [3.05, 3.63) is 59.3 Å². The van der Waals surface area contributed by atoms with Gasteiger partial charge in [-0.25, -0.2) is 4.98 Å². The molecule has 0 saturated carbocycles. The quantitative estimate of drug-likeness (QED) is 0.248. The largest absolute Gasteiger partial charge is 0.493 e. The molecule has 0 saturated heterocycles. The molecule has 0 aliphatic rings. The van der Waals surface area contributed by atoms with Crippen molar-refractivity contribution in [2.24, 2.45) is 0 Å². The summed E-state index contributed by atoms with van der Waals surface area (Å²) in [6, 6.07) is 16.9. The number of rotatable bonds is 9. The number of ether oxygens (including phenoxy) is 3. The van der Waals surface area contributed by atoms with Crippen LogP contribution in [0.1, 0.15) is 30.2 Å². The highest BCUT2D eigenvalue weighted by Gasteiger charge is 2.27. The van der Waals surface area contributed by atoms with E-state index in [1.54, 1.807) is 12.1 Å². The lowest BCUT2D eigenvalue weighted by Crippen LogP contribution is -2.25. The van der Waals surface area contributed by atoms with Gasteiger partial charge in [0, 0.05) is 16.6 Å². The summed E-state index contributed by atoms with van der Waals surface area (Å²) in [5, 5.41) is 23.7. The van der Waals surface area contributed by atoms with Crippen LogP contribution in [0.5, 0.6) is 17.2 Å². The standard InChI is InChI=1S/C30H28N6O4S/c1-6-25(29(37)35-22-11-16(2)34-21-10-8-7-9-18(21)22)41-30-20(15-32)26(19(14-31)28(33)36-30)17-12-23(38-3)27(40-5)24(13-17)39-4/h7-13,25H,6H2,1-5H3,(H2,33,36)(H,34,35,37). The van der Waals surface area contributed by atoms with Crippen LogP contribution in [0.3, 0.4) is 0 Å². The maximum absolute atomic E-state index is 13.5. The summed E-state index contributed by atoms with van der Waals surface area (Å²) in [4.78, 5) is 22.4. The normalized spacial score (nSPS) is 11.3. The van der Waals surface area contributed by atoms with Crippen LogP contribution in [-0.2, 0) is 4.79 Å². The number of thioether (sulfide) groups is 1. The number of carbonyl (C=O) groups is 1. The van der Waals surface area contributed by atoms with E-state index in [4.69, 9.17) is 19.9 Å². The van der Waals surface area contributed by atoms with Gasteiger partial charge in [-0.3, -0.25) is 9.78 Å². The van der Waals surface area contributed by atoms with Gasteiger partial charge < -0.3 is 25.3 Å². The first-order valence-electron chi connectivity index (χ1n) is 12.6. The Bertz CT molecular complexity index is 1700. The number of hydrogen-bond donors (Lipinski definition) is 2. The van der Waals surface area contributed by atoms with Gasteiger partial charge in [0.1, 0.15) is 28.5 Å². The fraction of sp³-hybridized carbons (Fsp3) is 0.233. The van der Waals surface area contributed by atoms with Crippen molar-refractivity contribution in [3.63, 3.8) is 0 Å². The van der Waals surface area contributed by atoms with Crippen molar-refractivity contribution in [3.8, 4) is 40.5 Å². The molecule has 0 aliphatic carbocycles. The maximum atomic E-state index is 13.5. The van der Waals surface area contributed by atoms with Gasteiger partial charge in [-0.1, -0.05) is 36.9 Å². The molecular weight excluding hydrogens is 540 g/mol. The van der Waals surface area contributed by atoms with Gasteiger partial charge in [0.15, 0.2) is 11.5 Å². The van der Waals surface area contributed by atoms with Crippen LogP contribution in [0.25, 0.3) is 22.0 Å². The molecule has 0 spiro atoms. The van der Waals surface area contributed by atoms with E-state index >= 15 is 0 Å². The lowest BCUT2D eigenvalue weighted by Gasteiger charge is -2.19. The Morgan fingerprint density at radius 3 is 2.27 bits per heavy atom. The molecule has 0 radical (unpaired) electrons. The molecule has 2 heterocycles. The zero-order valence-electron chi connectivity index (χ0n) is 23.2. The average Bonchev–Trinajstić information content (AvgIpc) is 2.98. The topological polar surface area (TPSA) is 156 Å². The Balaban J connectivity index is 1.79. The van der Waals surface area contributed by atoms with Crippen molar-refractivity contribution in [2.75, 3.05) is 32.4 Å². The number of nitriles is 2. The van der Waals surface area contributed by atoms with Crippen molar-refractivity contribution in [2.45, 2.75) is 30.5 Å². The highest BCUT2D eigenvalue weighted by molar-refractivity contribution is 8.00. The number of aryl methyl sites for hydroxylation is 1. The molecule has 41 heavy (non-hydrogen) atoms. The van der Waals surface area contributed by atoms with Gasteiger partial charge in [-0.05, 0) is 43.2 Å². The van der Waals surface area contributed by atoms with E-state index in [1.165, 1.54) is 21.3 Å². The van der Waals surface area contributed by atoms with Crippen LogP contribution < -0.4 is 25.3 Å². The summed E-state index contributed by atoms with van der Waals surface area (Å²) < 4.78 is 16.4. The fourth-order valence-corrected chi connectivity index (χ4v) is 5.50. The van der Waals surface area contributed by atoms with Crippen molar-refractivity contribution < 1.29 is 19.0 Å². The molecule has 1 atom stereocenters. The van der Waals surface area contributed by atoms with Crippen molar-refractivity contribution in [1.29, 1.82) is 10.5 Å². The molecule has 4 aromatic rings. The summed E-state index contributed by atoms with van der Waals surface area (Å²) in [7, 11) is 4.42. The minimum Gasteiger partial charge on any atom is -0.493 e. The van der Waals surface area contributed by atoms with E-state index in [9.17, 15) is 15.3 Å². The third-order valence-corrected chi connectivity index (χ3v) is 7.74. The monoisotopic (exact) mass is 568 g/mol. The number of para-hydroxylation sites is 1.